The van der Waals surface area contributed by atoms with Gasteiger partial charge in [-0.05, 0) is 96.3 Å². The van der Waals surface area contributed by atoms with E-state index >= 15 is 0 Å². The van der Waals surface area contributed by atoms with Crippen LogP contribution in [0.15, 0.2) is 122 Å². The van der Waals surface area contributed by atoms with Crippen molar-refractivity contribution in [2.75, 3.05) is 13.2 Å². The van der Waals surface area contributed by atoms with Gasteiger partial charge in [0.2, 0.25) is 0 Å². The highest BCUT2D eigenvalue weighted by atomic mass is 16.6. The molecule has 1 unspecified atom stereocenters. The summed E-state index contributed by atoms with van der Waals surface area (Å²) in [7, 11) is 0. The van der Waals surface area contributed by atoms with E-state index in [1.165, 1.54) is 64.2 Å². The second-order valence-electron chi connectivity index (χ2n) is 17.0. The molecule has 0 heterocycles. The summed E-state index contributed by atoms with van der Waals surface area (Å²) in [5.41, 5.74) is 0. The number of ether oxygens (including phenoxy) is 3. The van der Waals surface area contributed by atoms with Gasteiger partial charge in [-0.15, -0.1) is 0 Å². The number of carbonyl (C=O) groups is 3. The zero-order chi connectivity index (χ0) is 47.9. The van der Waals surface area contributed by atoms with Crippen molar-refractivity contribution < 1.29 is 28.6 Å². The lowest BCUT2D eigenvalue weighted by Crippen LogP contribution is -2.30. The van der Waals surface area contributed by atoms with Crippen molar-refractivity contribution in [2.45, 2.75) is 226 Å². The molecule has 0 N–H and O–H groups in total. The smallest absolute Gasteiger partial charge is 0.306 e. The minimum Gasteiger partial charge on any atom is -0.462 e. The SMILES string of the molecule is CC/C=C\C/C=C\C/C=C\C/C=C\C/C=C\CCCCCC(=O)OCC(COC(=O)CCCCCCCCCCCCCCC)OC(=O)CC/C=C\C/C=C\C/C=C\C/C=C\C/C=C\CC. The summed E-state index contributed by atoms with van der Waals surface area (Å²) in [6.07, 6.45) is 73.4. The Morgan fingerprint density at radius 3 is 0.985 bits per heavy atom. The summed E-state index contributed by atoms with van der Waals surface area (Å²) in [5.74, 6) is -1.04. The third kappa shape index (κ3) is 50.8. The summed E-state index contributed by atoms with van der Waals surface area (Å²) < 4.78 is 16.7. The minimum atomic E-state index is -0.833. The summed E-state index contributed by atoms with van der Waals surface area (Å²) >= 11 is 0. The maximum atomic E-state index is 12.8. The first-order valence-corrected chi connectivity index (χ1v) is 26.5. The predicted molar refractivity (Wildman–Crippen MR) is 283 cm³/mol. The van der Waals surface area contributed by atoms with Crippen molar-refractivity contribution in [3.05, 3.63) is 122 Å². The number of hydrogen-bond donors (Lipinski definition) is 0. The van der Waals surface area contributed by atoms with Gasteiger partial charge in [0.1, 0.15) is 13.2 Å². The third-order valence-corrected chi connectivity index (χ3v) is 10.7. The molecule has 372 valence electrons. The van der Waals surface area contributed by atoms with Crippen molar-refractivity contribution in [1.82, 2.24) is 0 Å². The van der Waals surface area contributed by atoms with Crippen LogP contribution < -0.4 is 0 Å². The van der Waals surface area contributed by atoms with E-state index in [0.29, 0.717) is 19.3 Å². The van der Waals surface area contributed by atoms with E-state index in [9.17, 15) is 14.4 Å². The Morgan fingerprint density at radius 1 is 0.318 bits per heavy atom. The summed E-state index contributed by atoms with van der Waals surface area (Å²) in [6.45, 7) is 6.31. The molecule has 0 aromatic carbocycles. The minimum absolute atomic E-state index is 0.120. The highest BCUT2D eigenvalue weighted by molar-refractivity contribution is 5.71. The van der Waals surface area contributed by atoms with Crippen LogP contribution in [0.1, 0.15) is 220 Å². The number of allylic oxidation sites excluding steroid dienone is 20. The molecule has 0 aromatic heterocycles. The van der Waals surface area contributed by atoms with E-state index in [4.69, 9.17) is 14.2 Å². The Kier molecular flexibility index (Phi) is 50.0. The standard InChI is InChI=1S/C60H96O6/c1-4-7-10-13-16-19-22-25-27-29-30-31-33-35-38-41-44-47-50-53-59(62)65-56-57(55-64-58(61)52-49-46-43-40-37-34-24-21-18-15-12-9-6-3)66-60(63)54-51-48-45-42-39-36-32-28-26-23-20-17-14-11-8-5-2/h7-8,10-11,16-17,19-20,25-28,30-31,35-36,38-39,45,48,57H,4-6,9,12-15,18,21-24,29,32-34,37,40-44,46-47,49-56H2,1-3H3/b10-7-,11-8-,19-16-,20-17-,27-25-,28-26-,31-30-,38-35-,39-36-,48-45-. The molecule has 0 radical (unpaired) electrons. The predicted octanol–water partition coefficient (Wildman–Crippen LogP) is 17.7. The normalized spacial score (nSPS) is 13.1. The van der Waals surface area contributed by atoms with E-state index in [0.717, 1.165) is 109 Å². The van der Waals surface area contributed by atoms with Crippen LogP contribution in [0.4, 0.5) is 0 Å². The Morgan fingerprint density at radius 2 is 0.621 bits per heavy atom. The molecular weight excluding hydrogens is 817 g/mol. The highest BCUT2D eigenvalue weighted by Crippen LogP contribution is 2.14. The van der Waals surface area contributed by atoms with Crippen LogP contribution in [0.5, 0.6) is 0 Å². The van der Waals surface area contributed by atoms with Crippen molar-refractivity contribution in [3.63, 3.8) is 0 Å². The number of rotatable bonds is 46. The second kappa shape index (κ2) is 53.4. The molecule has 0 aliphatic heterocycles. The zero-order valence-electron chi connectivity index (χ0n) is 42.4. The average molecular weight is 913 g/mol. The van der Waals surface area contributed by atoms with Crippen LogP contribution >= 0.6 is 0 Å². The van der Waals surface area contributed by atoms with Gasteiger partial charge < -0.3 is 14.2 Å². The molecule has 0 amide bonds. The van der Waals surface area contributed by atoms with Gasteiger partial charge in [0, 0.05) is 19.3 Å². The lowest BCUT2D eigenvalue weighted by molar-refractivity contribution is -0.166. The van der Waals surface area contributed by atoms with Gasteiger partial charge in [-0.2, -0.15) is 0 Å². The highest BCUT2D eigenvalue weighted by Gasteiger charge is 2.19. The van der Waals surface area contributed by atoms with Crippen molar-refractivity contribution in [1.29, 1.82) is 0 Å². The van der Waals surface area contributed by atoms with E-state index in [2.05, 4.69) is 130 Å². The summed E-state index contributed by atoms with van der Waals surface area (Å²) in [4.78, 5) is 38.0. The molecule has 0 aromatic rings. The van der Waals surface area contributed by atoms with Gasteiger partial charge in [-0.25, -0.2) is 0 Å². The van der Waals surface area contributed by atoms with Crippen LogP contribution in [0.25, 0.3) is 0 Å². The maximum Gasteiger partial charge on any atom is 0.306 e. The van der Waals surface area contributed by atoms with E-state index in [-0.39, 0.29) is 31.6 Å². The van der Waals surface area contributed by atoms with E-state index < -0.39 is 12.1 Å². The Balaban J connectivity index is 4.56. The fourth-order valence-corrected chi connectivity index (χ4v) is 6.81. The lowest BCUT2D eigenvalue weighted by Gasteiger charge is -2.18. The number of unbranched alkanes of at least 4 members (excludes halogenated alkanes) is 15. The summed E-state index contributed by atoms with van der Waals surface area (Å²) in [5, 5.41) is 0. The molecule has 66 heavy (non-hydrogen) atoms. The molecule has 0 bridgehead atoms. The fraction of sp³-hybridized carbons (Fsp3) is 0.617. The third-order valence-electron chi connectivity index (χ3n) is 10.7. The van der Waals surface area contributed by atoms with Crippen molar-refractivity contribution >= 4 is 17.9 Å². The van der Waals surface area contributed by atoms with Gasteiger partial charge in [0.05, 0.1) is 0 Å². The van der Waals surface area contributed by atoms with Crippen LogP contribution in [-0.2, 0) is 28.6 Å². The Bertz CT molecular complexity index is 1420. The number of esters is 3. The maximum absolute atomic E-state index is 12.8. The quantitative estimate of drug-likeness (QED) is 0.0262. The van der Waals surface area contributed by atoms with Crippen molar-refractivity contribution in [2.24, 2.45) is 0 Å². The molecule has 0 saturated carbocycles. The molecule has 6 nitrogen and oxygen atoms in total. The lowest BCUT2D eigenvalue weighted by atomic mass is 10.0. The van der Waals surface area contributed by atoms with E-state index in [1.807, 2.05) is 12.2 Å². The molecule has 1 atom stereocenters. The molecular formula is C60H96O6. The molecule has 0 rings (SSSR count). The zero-order valence-corrected chi connectivity index (χ0v) is 42.4. The first-order chi connectivity index (χ1) is 32.5. The van der Waals surface area contributed by atoms with Crippen molar-refractivity contribution in [3.8, 4) is 0 Å². The fourth-order valence-electron chi connectivity index (χ4n) is 6.81. The Hall–Kier alpha value is -4.19. The van der Waals surface area contributed by atoms with Gasteiger partial charge in [0.25, 0.3) is 0 Å². The molecule has 6 heteroatoms. The molecule has 0 aliphatic rings. The Labute approximate surface area is 405 Å². The number of carbonyl (C=O) groups excluding carboxylic acids is 3. The molecule has 0 fully saturated rings. The average Bonchev–Trinajstić information content (AvgIpc) is 3.31. The van der Waals surface area contributed by atoms with Gasteiger partial charge in [0.15, 0.2) is 6.10 Å². The van der Waals surface area contributed by atoms with Crippen LogP contribution in [-0.4, -0.2) is 37.2 Å². The van der Waals surface area contributed by atoms with E-state index in [1.54, 1.807) is 0 Å². The van der Waals surface area contributed by atoms with Gasteiger partial charge in [-0.1, -0.05) is 226 Å². The van der Waals surface area contributed by atoms with Gasteiger partial charge >= 0.3 is 17.9 Å². The van der Waals surface area contributed by atoms with Gasteiger partial charge in [-0.3, -0.25) is 14.4 Å². The first-order valence-electron chi connectivity index (χ1n) is 26.5. The molecule has 0 aliphatic carbocycles. The molecule has 0 saturated heterocycles. The monoisotopic (exact) mass is 913 g/mol. The van der Waals surface area contributed by atoms with Crippen LogP contribution in [0, 0.1) is 0 Å². The first kappa shape index (κ1) is 61.8. The topological polar surface area (TPSA) is 78.9 Å². The second-order valence-corrected chi connectivity index (χ2v) is 17.0. The molecule has 0 spiro atoms. The largest absolute Gasteiger partial charge is 0.462 e. The number of hydrogen-bond acceptors (Lipinski definition) is 6. The van der Waals surface area contributed by atoms with Crippen LogP contribution in [0.3, 0.4) is 0 Å². The summed E-state index contributed by atoms with van der Waals surface area (Å²) in [6, 6.07) is 0. The van der Waals surface area contributed by atoms with Crippen LogP contribution in [0.2, 0.25) is 0 Å².